The Kier molecular flexibility index (Phi) is 1.81. The van der Waals surface area contributed by atoms with E-state index in [1.54, 1.807) is 0 Å². The molecular weight excluding hydrogens is 188 g/mol. The summed E-state index contributed by atoms with van der Waals surface area (Å²) in [5, 5.41) is 3.45. The largest absolute Gasteiger partial charge is 0.491 e. The van der Waals surface area contributed by atoms with Gasteiger partial charge in [-0.15, -0.1) is 0 Å². The van der Waals surface area contributed by atoms with Crippen molar-refractivity contribution in [2.45, 2.75) is 19.3 Å². The molecule has 0 unspecified atom stereocenters. The number of hydrogen-bond acceptors (Lipinski definition) is 3. The molecule has 0 saturated heterocycles. The molecule has 1 saturated carbocycles. The van der Waals surface area contributed by atoms with E-state index in [1.165, 1.54) is 19.3 Å². The number of hydrogen-bond donors (Lipinski definition) is 2. The lowest BCUT2D eigenvalue weighted by Gasteiger charge is -2.40. The average molecular weight is 204 g/mol. The molecule has 0 radical (unpaired) electrons. The lowest BCUT2D eigenvalue weighted by Crippen LogP contribution is -2.40. The van der Waals surface area contributed by atoms with Gasteiger partial charge in [-0.2, -0.15) is 0 Å². The van der Waals surface area contributed by atoms with Gasteiger partial charge in [-0.25, -0.2) is 0 Å². The van der Waals surface area contributed by atoms with Gasteiger partial charge in [-0.1, -0.05) is 6.42 Å². The topological polar surface area (TPSA) is 47.3 Å². The van der Waals surface area contributed by atoms with E-state index < -0.39 is 0 Å². The minimum absolute atomic E-state index is 0.383. The Hall–Kier alpha value is -1.38. The number of nitrogens with two attached hydrogens (primary N) is 1. The van der Waals surface area contributed by atoms with Crippen molar-refractivity contribution < 1.29 is 4.74 Å². The molecule has 1 aliphatic heterocycles. The third-order valence-electron chi connectivity index (χ3n) is 3.61. The molecule has 3 N–H and O–H groups in total. The van der Waals surface area contributed by atoms with Crippen LogP contribution in [0.5, 0.6) is 5.75 Å². The van der Waals surface area contributed by atoms with Gasteiger partial charge in [-0.3, -0.25) is 0 Å². The van der Waals surface area contributed by atoms with Gasteiger partial charge in [0.25, 0.3) is 0 Å². The normalized spacial score (nSPS) is 21.9. The maximum atomic E-state index is 5.84. The van der Waals surface area contributed by atoms with Crippen molar-refractivity contribution in [3.8, 4) is 5.75 Å². The molecule has 0 bridgehead atoms. The summed E-state index contributed by atoms with van der Waals surface area (Å²) >= 11 is 0. The second-order valence-corrected chi connectivity index (χ2v) is 4.75. The molecule has 3 nitrogen and oxygen atoms in total. The van der Waals surface area contributed by atoms with E-state index in [9.17, 15) is 0 Å². The number of ether oxygens (including phenoxy) is 1. The molecule has 2 aliphatic rings. The summed E-state index contributed by atoms with van der Waals surface area (Å²) in [6, 6.07) is 5.79. The zero-order chi connectivity index (χ0) is 10.3. The quantitative estimate of drug-likeness (QED) is 0.637. The van der Waals surface area contributed by atoms with Gasteiger partial charge in [0.2, 0.25) is 0 Å². The Labute approximate surface area is 89.6 Å². The van der Waals surface area contributed by atoms with Gasteiger partial charge < -0.3 is 15.8 Å². The first-order chi connectivity index (χ1) is 7.27. The highest BCUT2D eigenvalue weighted by atomic mass is 16.5. The smallest absolute Gasteiger partial charge is 0.142 e. The lowest BCUT2D eigenvalue weighted by atomic mass is 9.69. The van der Waals surface area contributed by atoms with E-state index in [-0.39, 0.29) is 0 Å². The van der Waals surface area contributed by atoms with Crippen LogP contribution in [0.3, 0.4) is 0 Å². The monoisotopic (exact) mass is 204 g/mol. The third-order valence-corrected chi connectivity index (χ3v) is 3.61. The summed E-state index contributed by atoms with van der Waals surface area (Å²) in [6.45, 7) is 1.86. The molecule has 80 valence electrons. The standard InChI is InChI=1S/C12H16N2O/c13-9-2-3-11-10(6-9)14-7-12(8-15-11)4-1-5-12/h2-3,6,14H,1,4-5,7-8,13H2. The van der Waals surface area contributed by atoms with Crippen LogP contribution >= 0.6 is 0 Å². The highest BCUT2D eigenvalue weighted by Crippen LogP contribution is 2.44. The summed E-state index contributed by atoms with van der Waals surface area (Å²) in [6.07, 6.45) is 3.90. The van der Waals surface area contributed by atoms with E-state index in [0.29, 0.717) is 5.41 Å². The molecule has 1 fully saturated rings. The first-order valence-electron chi connectivity index (χ1n) is 5.54. The van der Waals surface area contributed by atoms with E-state index in [4.69, 9.17) is 10.5 Å². The summed E-state index contributed by atoms with van der Waals surface area (Å²) in [4.78, 5) is 0. The van der Waals surface area contributed by atoms with Crippen molar-refractivity contribution in [1.29, 1.82) is 0 Å². The maximum Gasteiger partial charge on any atom is 0.142 e. The van der Waals surface area contributed by atoms with E-state index in [1.807, 2.05) is 18.2 Å². The fraction of sp³-hybridized carbons (Fsp3) is 0.500. The predicted molar refractivity (Wildman–Crippen MR) is 61.1 cm³/mol. The zero-order valence-corrected chi connectivity index (χ0v) is 8.75. The number of nitrogens with one attached hydrogen (secondary N) is 1. The van der Waals surface area contributed by atoms with Gasteiger partial charge in [0.15, 0.2) is 0 Å². The maximum absolute atomic E-state index is 5.84. The van der Waals surface area contributed by atoms with Crippen molar-refractivity contribution in [1.82, 2.24) is 0 Å². The number of anilines is 2. The Morgan fingerprint density at radius 1 is 1.33 bits per heavy atom. The van der Waals surface area contributed by atoms with Crippen LogP contribution in [0.2, 0.25) is 0 Å². The molecule has 0 amide bonds. The summed E-state index contributed by atoms with van der Waals surface area (Å²) in [5.74, 6) is 0.938. The fourth-order valence-corrected chi connectivity index (χ4v) is 2.37. The molecular formula is C12H16N2O. The zero-order valence-electron chi connectivity index (χ0n) is 8.75. The highest BCUT2D eigenvalue weighted by molar-refractivity contribution is 5.64. The lowest BCUT2D eigenvalue weighted by molar-refractivity contribution is 0.0766. The van der Waals surface area contributed by atoms with Crippen LogP contribution in [0.1, 0.15) is 19.3 Å². The van der Waals surface area contributed by atoms with Crippen LogP contribution in [-0.2, 0) is 0 Å². The van der Waals surface area contributed by atoms with Crippen LogP contribution < -0.4 is 15.8 Å². The molecule has 3 heteroatoms. The highest BCUT2D eigenvalue weighted by Gasteiger charge is 2.39. The molecule has 0 atom stereocenters. The molecule has 1 aromatic rings. The van der Waals surface area contributed by atoms with Crippen LogP contribution in [-0.4, -0.2) is 13.2 Å². The summed E-state index contributed by atoms with van der Waals surface area (Å²) < 4.78 is 5.84. The average Bonchev–Trinajstić information content (AvgIpc) is 2.36. The van der Waals surface area contributed by atoms with Crippen molar-refractivity contribution in [3.63, 3.8) is 0 Å². The number of nitrogen functional groups attached to an aromatic ring is 1. The third kappa shape index (κ3) is 1.42. The Bertz CT molecular complexity index is 385. The van der Waals surface area contributed by atoms with Crippen molar-refractivity contribution in [2.75, 3.05) is 24.2 Å². The van der Waals surface area contributed by atoms with Crippen molar-refractivity contribution in [3.05, 3.63) is 18.2 Å². The molecule has 1 heterocycles. The summed E-state index contributed by atoms with van der Waals surface area (Å²) in [5.41, 5.74) is 7.96. The minimum Gasteiger partial charge on any atom is -0.491 e. The van der Waals surface area contributed by atoms with Gasteiger partial charge in [0, 0.05) is 17.6 Å². The second kappa shape index (κ2) is 3.05. The van der Waals surface area contributed by atoms with Gasteiger partial charge in [-0.05, 0) is 31.0 Å². The van der Waals surface area contributed by atoms with Crippen molar-refractivity contribution >= 4 is 11.4 Å². The first-order valence-corrected chi connectivity index (χ1v) is 5.54. The Balaban J connectivity index is 1.88. The van der Waals surface area contributed by atoms with Crippen LogP contribution in [0.15, 0.2) is 18.2 Å². The molecule has 1 spiro atoms. The first kappa shape index (κ1) is 8.89. The Morgan fingerprint density at radius 2 is 2.20 bits per heavy atom. The second-order valence-electron chi connectivity index (χ2n) is 4.75. The Morgan fingerprint density at radius 3 is 2.93 bits per heavy atom. The molecule has 3 rings (SSSR count). The summed E-state index contributed by atoms with van der Waals surface area (Å²) in [7, 11) is 0. The molecule has 1 aliphatic carbocycles. The number of rotatable bonds is 0. The van der Waals surface area contributed by atoms with E-state index in [0.717, 1.165) is 30.3 Å². The number of fused-ring (bicyclic) bond motifs is 1. The van der Waals surface area contributed by atoms with Crippen LogP contribution in [0, 0.1) is 5.41 Å². The fourth-order valence-electron chi connectivity index (χ4n) is 2.37. The number of benzene rings is 1. The van der Waals surface area contributed by atoms with Crippen LogP contribution in [0.25, 0.3) is 0 Å². The van der Waals surface area contributed by atoms with Crippen molar-refractivity contribution in [2.24, 2.45) is 5.41 Å². The SMILES string of the molecule is Nc1ccc2c(c1)NCC1(CCC1)CO2. The van der Waals surface area contributed by atoms with Gasteiger partial charge in [0.05, 0.1) is 12.3 Å². The molecule has 0 aromatic heterocycles. The van der Waals surface area contributed by atoms with E-state index in [2.05, 4.69) is 5.32 Å². The van der Waals surface area contributed by atoms with Crippen LogP contribution in [0.4, 0.5) is 11.4 Å². The minimum atomic E-state index is 0.383. The van der Waals surface area contributed by atoms with Gasteiger partial charge >= 0.3 is 0 Å². The van der Waals surface area contributed by atoms with E-state index >= 15 is 0 Å². The van der Waals surface area contributed by atoms with Gasteiger partial charge in [0.1, 0.15) is 5.75 Å². The predicted octanol–water partition coefficient (Wildman–Crippen LogP) is 2.24. The molecule has 15 heavy (non-hydrogen) atoms. The molecule has 1 aromatic carbocycles.